The van der Waals surface area contributed by atoms with Crippen LogP contribution in [-0.4, -0.2) is 34.2 Å². The summed E-state index contributed by atoms with van der Waals surface area (Å²) >= 11 is 0. The molecule has 5 rings (SSSR count). The number of carbonyl (C=O) groups excluding carboxylic acids is 3. The minimum absolute atomic E-state index is 0.0846. The first-order chi connectivity index (χ1) is 15.6. The van der Waals surface area contributed by atoms with Crippen LogP contribution in [0, 0.1) is 0 Å². The van der Waals surface area contributed by atoms with Crippen molar-refractivity contribution in [1.82, 2.24) is 9.88 Å². The van der Waals surface area contributed by atoms with E-state index in [0.29, 0.717) is 24.1 Å². The van der Waals surface area contributed by atoms with Gasteiger partial charge in [0.05, 0.1) is 17.5 Å². The second kappa shape index (κ2) is 8.15. The van der Waals surface area contributed by atoms with Crippen molar-refractivity contribution in [3.63, 3.8) is 0 Å². The summed E-state index contributed by atoms with van der Waals surface area (Å²) in [5.74, 6) is -0.578. The summed E-state index contributed by atoms with van der Waals surface area (Å²) in [7, 11) is 0. The second-order valence-corrected chi connectivity index (χ2v) is 7.84. The second-order valence-electron chi connectivity index (χ2n) is 7.84. The van der Waals surface area contributed by atoms with Crippen molar-refractivity contribution in [3.8, 4) is 0 Å². The molecule has 1 aromatic heterocycles. The number of anilines is 1. The molecule has 0 atom stereocenters. The molecule has 0 saturated carbocycles. The average molecular weight is 423 g/mol. The number of nitrogens with one attached hydrogen (secondary N) is 2. The van der Waals surface area contributed by atoms with Gasteiger partial charge in [-0.2, -0.15) is 0 Å². The lowest BCUT2D eigenvalue weighted by Crippen LogP contribution is -2.31. The summed E-state index contributed by atoms with van der Waals surface area (Å²) in [6, 6.07) is 22.1. The van der Waals surface area contributed by atoms with Gasteiger partial charge in [0.15, 0.2) is 0 Å². The van der Waals surface area contributed by atoms with Crippen LogP contribution in [0.2, 0.25) is 0 Å². The average Bonchev–Trinajstić information content (AvgIpc) is 3.31. The van der Waals surface area contributed by atoms with Crippen LogP contribution in [0.5, 0.6) is 0 Å². The fraction of sp³-hybridized carbons (Fsp3) is 0.115. The first-order valence-electron chi connectivity index (χ1n) is 10.5. The molecule has 0 saturated heterocycles. The molecule has 1 aliphatic heterocycles. The fourth-order valence-corrected chi connectivity index (χ4v) is 4.13. The highest BCUT2D eigenvalue weighted by molar-refractivity contribution is 6.21. The van der Waals surface area contributed by atoms with Gasteiger partial charge in [-0.3, -0.25) is 19.3 Å². The van der Waals surface area contributed by atoms with Gasteiger partial charge in [0.25, 0.3) is 11.8 Å². The van der Waals surface area contributed by atoms with E-state index in [1.807, 2.05) is 54.7 Å². The number of rotatable bonds is 6. The molecule has 1 aliphatic rings. The highest BCUT2D eigenvalue weighted by Gasteiger charge is 2.34. The molecule has 0 fully saturated rings. The van der Waals surface area contributed by atoms with Crippen molar-refractivity contribution in [2.24, 2.45) is 0 Å². The van der Waals surface area contributed by atoms with Gasteiger partial charge in [-0.15, -0.1) is 0 Å². The quantitative estimate of drug-likeness (QED) is 0.456. The van der Waals surface area contributed by atoms with Gasteiger partial charge >= 0.3 is 0 Å². The highest BCUT2D eigenvalue weighted by atomic mass is 16.2. The van der Waals surface area contributed by atoms with E-state index in [2.05, 4.69) is 10.3 Å². The number of para-hydroxylation sites is 1. The number of fused-ring (bicyclic) bond motifs is 2. The summed E-state index contributed by atoms with van der Waals surface area (Å²) in [5.41, 5.74) is 4.54. The van der Waals surface area contributed by atoms with Crippen LogP contribution >= 0.6 is 0 Å². The maximum Gasteiger partial charge on any atom is 0.261 e. The molecule has 4 aromatic rings. The lowest BCUT2D eigenvalue weighted by atomic mass is 10.0. The molecule has 0 radical (unpaired) electrons. The third-order valence-corrected chi connectivity index (χ3v) is 5.74. The van der Waals surface area contributed by atoms with E-state index in [9.17, 15) is 14.4 Å². The van der Waals surface area contributed by atoms with Crippen LogP contribution in [0.4, 0.5) is 5.69 Å². The van der Waals surface area contributed by atoms with Gasteiger partial charge in [0.1, 0.15) is 0 Å². The Hall–Kier alpha value is -4.19. The smallest absolute Gasteiger partial charge is 0.261 e. The summed E-state index contributed by atoms with van der Waals surface area (Å²) in [4.78, 5) is 42.2. The number of imide groups is 1. The zero-order chi connectivity index (χ0) is 22.1. The van der Waals surface area contributed by atoms with E-state index in [-0.39, 0.29) is 24.1 Å². The Morgan fingerprint density at radius 1 is 0.875 bits per heavy atom. The number of benzene rings is 3. The summed E-state index contributed by atoms with van der Waals surface area (Å²) in [6.07, 6.45) is 2.69. The molecular weight excluding hydrogens is 402 g/mol. The summed E-state index contributed by atoms with van der Waals surface area (Å²) < 4.78 is 0. The Labute approximate surface area is 184 Å². The summed E-state index contributed by atoms with van der Waals surface area (Å²) in [6.45, 7) is 0.304. The molecule has 3 amide bonds. The Bertz CT molecular complexity index is 1310. The monoisotopic (exact) mass is 423 g/mol. The molecular formula is C26H21N3O3. The molecule has 3 aromatic carbocycles. The number of amides is 3. The van der Waals surface area contributed by atoms with Gasteiger partial charge in [0, 0.05) is 29.3 Å². The molecule has 0 spiro atoms. The lowest BCUT2D eigenvalue weighted by Gasteiger charge is -2.13. The maximum atomic E-state index is 12.6. The molecule has 6 nitrogen and oxygen atoms in total. The van der Waals surface area contributed by atoms with E-state index < -0.39 is 0 Å². The third kappa shape index (κ3) is 3.67. The number of nitrogens with zero attached hydrogens (tertiary/aromatic N) is 1. The number of hydrogen-bond acceptors (Lipinski definition) is 3. The predicted molar refractivity (Wildman–Crippen MR) is 123 cm³/mol. The van der Waals surface area contributed by atoms with Gasteiger partial charge in [0.2, 0.25) is 5.91 Å². The minimum Gasteiger partial charge on any atom is -0.361 e. The number of hydrogen-bond donors (Lipinski definition) is 2. The van der Waals surface area contributed by atoms with Crippen LogP contribution in [-0.2, 0) is 17.6 Å². The first-order valence-corrected chi connectivity index (χ1v) is 10.5. The minimum atomic E-state index is -0.247. The van der Waals surface area contributed by atoms with Crippen LogP contribution in [0.25, 0.3) is 10.9 Å². The van der Waals surface area contributed by atoms with Gasteiger partial charge in [-0.25, -0.2) is 0 Å². The Morgan fingerprint density at radius 3 is 2.28 bits per heavy atom. The number of carbonyl (C=O) groups is 3. The van der Waals surface area contributed by atoms with Crippen molar-refractivity contribution in [3.05, 3.63) is 101 Å². The molecule has 32 heavy (non-hydrogen) atoms. The van der Waals surface area contributed by atoms with Crippen LogP contribution in [0.1, 0.15) is 31.8 Å². The SMILES string of the molecule is O=C(Cc1ccc2[nH]cc(CCN3C(=O)c4ccccc4C3=O)c2c1)Nc1ccccc1. The van der Waals surface area contributed by atoms with Crippen molar-refractivity contribution < 1.29 is 14.4 Å². The van der Waals surface area contributed by atoms with Gasteiger partial charge in [-0.05, 0) is 53.9 Å². The number of H-pyrrole nitrogens is 1. The Balaban J connectivity index is 1.30. The van der Waals surface area contributed by atoms with E-state index in [0.717, 1.165) is 27.7 Å². The zero-order valence-electron chi connectivity index (χ0n) is 17.3. The maximum absolute atomic E-state index is 12.6. The molecule has 158 valence electrons. The number of aromatic amines is 1. The number of aromatic nitrogens is 1. The molecule has 0 unspecified atom stereocenters. The fourth-order valence-electron chi connectivity index (χ4n) is 4.13. The topological polar surface area (TPSA) is 82.3 Å². The predicted octanol–water partition coefficient (Wildman–Crippen LogP) is 4.19. The van der Waals surface area contributed by atoms with Crippen LogP contribution < -0.4 is 5.32 Å². The largest absolute Gasteiger partial charge is 0.361 e. The van der Waals surface area contributed by atoms with Crippen molar-refractivity contribution in [1.29, 1.82) is 0 Å². The van der Waals surface area contributed by atoms with E-state index in [4.69, 9.17) is 0 Å². The first kappa shape index (κ1) is 19.8. The summed E-state index contributed by atoms with van der Waals surface area (Å²) in [5, 5.41) is 3.89. The highest BCUT2D eigenvalue weighted by Crippen LogP contribution is 2.25. The van der Waals surface area contributed by atoms with E-state index in [1.54, 1.807) is 24.3 Å². The zero-order valence-corrected chi connectivity index (χ0v) is 17.3. The van der Waals surface area contributed by atoms with Crippen molar-refractivity contribution >= 4 is 34.3 Å². The Morgan fingerprint density at radius 2 is 1.56 bits per heavy atom. The van der Waals surface area contributed by atoms with Crippen LogP contribution in [0.3, 0.4) is 0 Å². The van der Waals surface area contributed by atoms with Crippen molar-refractivity contribution in [2.75, 3.05) is 11.9 Å². The standard InChI is InChI=1S/C26H21N3O3/c30-24(28-19-6-2-1-3-7-19)15-17-10-11-23-22(14-17)18(16-27-23)12-13-29-25(31)20-8-4-5-9-21(20)26(29)32/h1-11,14,16,27H,12-13,15H2,(H,28,30). The van der Waals surface area contributed by atoms with Gasteiger partial charge in [-0.1, -0.05) is 36.4 Å². The normalized spacial score (nSPS) is 12.9. The van der Waals surface area contributed by atoms with Crippen molar-refractivity contribution in [2.45, 2.75) is 12.8 Å². The van der Waals surface area contributed by atoms with Gasteiger partial charge < -0.3 is 10.3 Å². The molecule has 0 bridgehead atoms. The van der Waals surface area contributed by atoms with Crippen LogP contribution in [0.15, 0.2) is 79.0 Å². The van der Waals surface area contributed by atoms with E-state index in [1.165, 1.54) is 4.90 Å². The molecule has 2 N–H and O–H groups in total. The molecule has 2 heterocycles. The lowest BCUT2D eigenvalue weighted by molar-refractivity contribution is -0.115. The third-order valence-electron chi connectivity index (χ3n) is 5.74. The van der Waals surface area contributed by atoms with E-state index >= 15 is 0 Å². The molecule has 0 aliphatic carbocycles. The molecule has 6 heteroatoms. The Kier molecular flexibility index (Phi) is 5.03.